The number of hydrogen-bond acceptors (Lipinski definition) is 5. The first-order chi connectivity index (χ1) is 8.72. The Morgan fingerprint density at radius 3 is 2.83 bits per heavy atom. The topological polar surface area (TPSA) is 59.9 Å². The Kier molecular flexibility index (Phi) is 2.15. The van der Waals surface area contributed by atoms with Gasteiger partial charge in [0, 0.05) is 6.04 Å². The molecule has 5 heteroatoms. The molecule has 2 saturated carbocycles. The van der Waals surface area contributed by atoms with Crippen molar-refractivity contribution in [2.45, 2.75) is 38.8 Å². The van der Waals surface area contributed by atoms with Crippen LogP contribution in [0.15, 0.2) is 0 Å². The Morgan fingerprint density at radius 2 is 2.00 bits per heavy atom. The molecule has 0 spiro atoms. The van der Waals surface area contributed by atoms with Crippen molar-refractivity contribution in [3.8, 4) is 6.01 Å². The van der Waals surface area contributed by atoms with Gasteiger partial charge in [0.15, 0.2) is 0 Å². The summed E-state index contributed by atoms with van der Waals surface area (Å²) in [4.78, 5) is 4.38. The fraction of sp³-hybridized carbons (Fsp3) is 0.769. The number of ether oxygens (including phenoxy) is 1. The monoisotopic (exact) mass is 246 g/mol. The minimum absolute atomic E-state index is 0.248. The quantitative estimate of drug-likeness (QED) is 0.839. The Labute approximate surface area is 106 Å². The van der Waals surface area contributed by atoms with Gasteiger partial charge in [-0.05, 0) is 51.0 Å². The van der Waals surface area contributed by atoms with E-state index in [9.17, 15) is 0 Å². The van der Waals surface area contributed by atoms with Crippen molar-refractivity contribution in [1.82, 2.24) is 20.5 Å². The van der Waals surface area contributed by atoms with Gasteiger partial charge in [0.25, 0.3) is 0 Å². The van der Waals surface area contributed by atoms with Crippen LogP contribution in [0.3, 0.4) is 0 Å². The van der Waals surface area contributed by atoms with Gasteiger partial charge in [-0.25, -0.2) is 0 Å². The van der Waals surface area contributed by atoms with Crippen LogP contribution in [0.1, 0.15) is 24.2 Å². The van der Waals surface area contributed by atoms with Crippen LogP contribution in [-0.4, -0.2) is 33.9 Å². The van der Waals surface area contributed by atoms with Gasteiger partial charge in [0.2, 0.25) is 0 Å². The summed E-state index contributed by atoms with van der Waals surface area (Å²) in [7, 11) is 0. The molecule has 3 fully saturated rings. The van der Waals surface area contributed by atoms with E-state index >= 15 is 0 Å². The first kappa shape index (κ1) is 10.7. The van der Waals surface area contributed by atoms with Gasteiger partial charge in [-0.1, -0.05) is 5.10 Å². The summed E-state index contributed by atoms with van der Waals surface area (Å²) in [6.07, 6.45) is 2.86. The predicted molar refractivity (Wildman–Crippen MR) is 65.2 cm³/mol. The molecule has 0 radical (unpaired) electrons. The molecule has 0 amide bonds. The molecule has 3 aliphatic rings. The number of aromatic nitrogens is 3. The predicted octanol–water partition coefficient (Wildman–Crippen LogP) is 0.864. The average Bonchev–Trinajstić information content (AvgIpc) is 2.95. The van der Waals surface area contributed by atoms with Crippen LogP contribution < -0.4 is 10.1 Å². The molecule has 1 aromatic heterocycles. The van der Waals surface area contributed by atoms with Crippen molar-refractivity contribution in [3.05, 3.63) is 11.4 Å². The molecular weight excluding hydrogens is 228 g/mol. The lowest BCUT2D eigenvalue weighted by atomic mass is 9.88. The zero-order chi connectivity index (χ0) is 12.3. The van der Waals surface area contributed by atoms with Crippen molar-refractivity contribution >= 4 is 0 Å². The third-order valence-corrected chi connectivity index (χ3v) is 5.00. The van der Waals surface area contributed by atoms with Crippen molar-refractivity contribution in [1.29, 1.82) is 0 Å². The van der Waals surface area contributed by atoms with Gasteiger partial charge in [-0.15, -0.1) is 5.10 Å². The summed E-state index contributed by atoms with van der Waals surface area (Å²) in [6, 6.07) is 0.958. The Hall–Kier alpha value is -1.23. The number of rotatable bonds is 2. The summed E-state index contributed by atoms with van der Waals surface area (Å²) < 4.78 is 6.03. The van der Waals surface area contributed by atoms with E-state index in [1.807, 2.05) is 13.8 Å². The van der Waals surface area contributed by atoms with Gasteiger partial charge in [-0.3, -0.25) is 0 Å². The fourth-order valence-electron chi connectivity index (χ4n) is 4.01. The highest BCUT2D eigenvalue weighted by molar-refractivity contribution is 5.13. The molecule has 1 saturated heterocycles. The molecule has 5 atom stereocenters. The lowest BCUT2D eigenvalue weighted by molar-refractivity contribution is 0.102. The number of hydrogen-bond donors (Lipinski definition) is 1. The molecule has 1 aliphatic heterocycles. The van der Waals surface area contributed by atoms with Gasteiger partial charge in [0.05, 0.1) is 11.4 Å². The Morgan fingerprint density at radius 1 is 1.11 bits per heavy atom. The average molecular weight is 246 g/mol. The summed E-state index contributed by atoms with van der Waals surface area (Å²) >= 11 is 0. The number of fused-ring (bicyclic) bond motifs is 1. The van der Waals surface area contributed by atoms with Crippen LogP contribution in [0.25, 0.3) is 0 Å². The summed E-state index contributed by atoms with van der Waals surface area (Å²) in [5.41, 5.74) is 1.77. The minimum Gasteiger partial charge on any atom is -0.457 e. The number of aryl methyl sites for hydroxylation is 2. The molecule has 5 unspecified atom stereocenters. The maximum Gasteiger partial charge on any atom is 0.336 e. The highest BCUT2D eigenvalue weighted by atomic mass is 16.5. The molecule has 5 nitrogen and oxygen atoms in total. The second-order valence-corrected chi connectivity index (χ2v) is 5.94. The van der Waals surface area contributed by atoms with Crippen LogP contribution in [0.4, 0.5) is 0 Å². The van der Waals surface area contributed by atoms with Crippen LogP contribution in [-0.2, 0) is 0 Å². The summed E-state index contributed by atoms with van der Waals surface area (Å²) in [5, 5.41) is 11.7. The second-order valence-electron chi connectivity index (χ2n) is 5.94. The Balaban J connectivity index is 1.57. The Bertz CT molecular complexity index is 490. The molecule has 1 N–H and O–H groups in total. The summed E-state index contributed by atoms with van der Waals surface area (Å²) in [6.45, 7) is 5.03. The largest absolute Gasteiger partial charge is 0.457 e. The van der Waals surface area contributed by atoms with Crippen LogP contribution in [0.2, 0.25) is 0 Å². The van der Waals surface area contributed by atoms with Crippen LogP contribution in [0, 0.1) is 31.6 Å². The molecule has 96 valence electrons. The van der Waals surface area contributed by atoms with Crippen molar-refractivity contribution in [2.24, 2.45) is 17.8 Å². The molecule has 2 bridgehead atoms. The fourth-order valence-corrected chi connectivity index (χ4v) is 4.01. The standard InChI is InChI=1S/C13H18N4O/c1-6-7(2)16-17-13(15-6)18-12-8-3-9-5-14-11(12)10(9)4-8/h8-12,14H,3-5H2,1-2H3. The van der Waals surface area contributed by atoms with E-state index in [1.165, 1.54) is 12.8 Å². The molecule has 2 aliphatic carbocycles. The maximum absolute atomic E-state index is 6.03. The first-order valence-corrected chi connectivity index (χ1v) is 6.80. The van der Waals surface area contributed by atoms with Crippen molar-refractivity contribution in [2.75, 3.05) is 6.54 Å². The molecular formula is C13H18N4O. The van der Waals surface area contributed by atoms with E-state index in [4.69, 9.17) is 4.74 Å². The smallest absolute Gasteiger partial charge is 0.336 e. The number of nitrogens with one attached hydrogen (secondary N) is 1. The second kappa shape index (κ2) is 3.63. The summed E-state index contributed by atoms with van der Waals surface area (Å²) in [5.74, 6) is 2.39. The molecule has 2 heterocycles. The minimum atomic E-state index is 0.248. The van der Waals surface area contributed by atoms with E-state index in [2.05, 4.69) is 20.5 Å². The lowest BCUT2D eigenvalue weighted by Gasteiger charge is -2.27. The molecule has 4 rings (SSSR count). The van der Waals surface area contributed by atoms with E-state index in [0.29, 0.717) is 18.0 Å². The van der Waals surface area contributed by atoms with E-state index in [1.54, 1.807) is 0 Å². The van der Waals surface area contributed by atoms with Crippen LogP contribution >= 0.6 is 0 Å². The molecule has 0 aromatic carbocycles. The highest BCUT2D eigenvalue weighted by Crippen LogP contribution is 2.52. The van der Waals surface area contributed by atoms with E-state index in [0.717, 1.165) is 29.8 Å². The van der Waals surface area contributed by atoms with Gasteiger partial charge >= 0.3 is 6.01 Å². The first-order valence-electron chi connectivity index (χ1n) is 6.80. The number of nitrogens with zero attached hydrogens (tertiary/aromatic N) is 3. The van der Waals surface area contributed by atoms with Crippen LogP contribution in [0.5, 0.6) is 6.01 Å². The zero-order valence-corrected chi connectivity index (χ0v) is 10.8. The van der Waals surface area contributed by atoms with Gasteiger partial charge in [-0.2, -0.15) is 4.98 Å². The lowest BCUT2D eigenvalue weighted by Crippen LogP contribution is -2.42. The van der Waals surface area contributed by atoms with Crippen molar-refractivity contribution in [3.63, 3.8) is 0 Å². The van der Waals surface area contributed by atoms with Crippen molar-refractivity contribution < 1.29 is 4.74 Å². The normalized spacial score (nSPS) is 40.4. The third kappa shape index (κ3) is 1.40. The van der Waals surface area contributed by atoms with E-state index < -0.39 is 0 Å². The van der Waals surface area contributed by atoms with Gasteiger partial charge < -0.3 is 10.1 Å². The maximum atomic E-state index is 6.03. The molecule has 18 heavy (non-hydrogen) atoms. The highest BCUT2D eigenvalue weighted by Gasteiger charge is 2.57. The SMILES string of the molecule is Cc1nnc(OC2C3CC4CNC2C4C3)nc1C. The zero-order valence-electron chi connectivity index (χ0n) is 10.8. The molecule has 1 aromatic rings. The van der Waals surface area contributed by atoms with E-state index in [-0.39, 0.29) is 6.10 Å². The van der Waals surface area contributed by atoms with Gasteiger partial charge in [0.1, 0.15) is 6.10 Å². The third-order valence-electron chi connectivity index (χ3n) is 5.00.